The zero-order valence-electron chi connectivity index (χ0n) is 16.8. The Hall–Kier alpha value is -2.64. The summed E-state index contributed by atoms with van der Waals surface area (Å²) >= 11 is 6.72. The maximum atomic E-state index is 12.6. The van der Waals surface area contributed by atoms with E-state index >= 15 is 0 Å². The molecule has 1 heterocycles. The van der Waals surface area contributed by atoms with E-state index in [2.05, 4.69) is 5.32 Å². The van der Waals surface area contributed by atoms with Crippen LogP contribution in [0.5, 0.6) is 5.75 Å². The number of carbonyl (C=O) groups excluding carboxylic acids is 2. The highest BCUT2D eigenvalue weighted by atomic mass is 32.2. The molecule has 2 aromatic rings. The first-order chi connectivity index (χ1) is 14.6. The van der Waals surface area contributed by atoms with Crippen LogP contribution < -0.4 is 10.1 Å². The first-order valence-electron chi connectivity index (χ1n) is 9.81. The molecule has 1 fully saturated rings. The Bertz CT molecular complexity index is 927. The fourth-order valence-corrected chi connectivity index (χ4v) is 4.33. The SMILES string of the molecule is COc1ccc(NC(=O)CCCCCN2C(=O)C(=Cc3ccccc3)SC2=S)cc1. The lowest BCUT2D eigenvalue weighted by Crippen LogP contribution is -2.29. The van der Waals surface area contributed by atoms with Crippen LogP contribution in [0.2, 0.25) is 0 Å². The number of nitrogens with one attached hydrogen (secondary N) is 1. The maximum Gasteiger partial charge on any atom is 0.266 e. The number of amides is 2. The second-order valence-electron chi connectivity index (χ2n) is 6.83. The predicted octanol–water partition coefficient (Wildman–Crippen LogP) is 5.10. The quantitative estimate of drug-likeness (QED) is 0.334. The summed E-state index contributed by atoms with van der Waals surface area (Å²) in [6.45, 7) is 0.580. The summed E-state index contributed by atoms with van der Waals surface area (Å²) in [5.74, 6) is 0.699. The van der Waals surface area contributed by atoms with Gasteiger partial charge in [0.15, 0.2) is 0 Å². The molecule has 156 valence electrons. The molecule has 0 radical (unpaired) electrons. The average Bonchev–Trinajstić information content (AvgIpc) is 3.02. The fourth-order valence-electron chi connectivity index (χ4n) is 3.02. The van der Waals surface area contributed by atoms with Gasteiger partial charge >= 0.3 is 0 Å². The number of thioether (sulfide) groups is 1. The van der Waals surface area contributed by atoms with Crippen molar-refractivity contribution >= 4 is 51.9 Å². The van der Waals surface area contributed by atoms with Gasteiger partial charge in [-0.25, -0.2) is 0 Å². The van der Waals surface area contributed by atoms with E-state index in [4.69, 9.17) is 17.0 Å². The highest BCUT2D eigenvalue weighted by Crippen LogP contribution is 2.32. The van der Waals surface area contributed by atoms with Gasteiger partial charge < -0.3 is 10.1 Å². The van der Waals surface area contributed by atoms with Crippen molar-refractivity contribution in [1.82, 2.24) is 4.90 Å². The third-order valence-corrected chi connectivity index (χ3v) is 6.01. The van der Waals surface area contributed by atoms with Gasteiger partial charge in [0.1, 0.15) is 10.1 Å². The minimum Gasteiger partial charge on any atom is -0.497 e. The first-order valence-corrected chi connectivity index (χ1v) is 11.0. The summed E-state index contributed by atoms with van der Waals surface area (Å²) in [4.78, 5) is 27.0. The predicted molar refractivity (Wildman–Crippen MR) is 126 cm³/mol. The normalized spacial score (nSPS) is 15.0. The molecule has 1 saturated heterocycles. The van der Waals surface area contributed by atoms with Gasteiger partial charge in [0.2, 0.25) is 5.91 Å². The Morgan fingerprint density at radius 3 is 2.53 bits per heavy atom. The molecule has 7 heteroatoms. The van der Waals surface area contributed by atoms with Crippen LogP contribution in [0.15, 0.2) is 59.5 Å². The Morgan fingerprint density at radius 1 is 1.10 bits per heavy atom. The summed E-state index contributed by atoms with van der Waals surface area (Å²) in [6.07, 6.45) is 4.74. The minimum absolute atomic E-state index is 0.0171. The lowest BCUT2D eigenvalue weighted by molar-refractivity contribution is -0.122. The molecule has 0 aliphatic carbocycles. The van der Waals surface area contributed by atoms with E-state index in [0.717, 1.165) is 36.3 Å². The number of hydrogen-bond donors (Lipinski definition) is 1. The molecule has 0 saturated carbocycles. The zero-order chi connectivity index (χ0) is 21.3. The van der Waals surface area contributed by atoms with Crippen molar-refractivity contribution in [3.8, 4) is 5.75 Å². The van der Waals surface area contributed by atoms with Crippen LogP contribution in [-0.4, -0.2) is 34.7 Å². The Morgan fingerprint density at radius 2 is 1.83 bits per heavy atom. The number of benzene rings is 2. The van der Waals surface area contributed by atoms with E-state index in [9.17, 15) is 9.59 Å². The molecule has 0 bridgehead atoms. The molecule has 30 heavy (non-hydrogen) atoms. The summed E-state index contributed by atoms with van der Waals surface area (Å²) < 4.78 is 5.70. The topological polar surface area (TPSA) is 58.6 Å². The molecular weight excluding hydrogens is 416 g/mol. The van der Waals surface area contributed by atoms with E-state index in [0.29, 0.717) is 22.2 Å². The molecule has 1 N–H and O–H groups in total. The fraction of sp³-hybridized carbons (Fsp3) is 0.261. The van der Waals surface area contributed by atoms with E-state index < -0.39 is 0 Å². The van der Waals surface area contributed by atoms with Crippen molar-refractivity contribution in [3.63, 3.8) is 0 Å². The Kier molecular flexibility index (Phi) is 8.04. The number of rotatable bonds is 9. The monoisotopic (exact) mass is 440 g/mol. The van der Waals surface area contributed by atoms with Crippen molar-refractivity contribution in [3.05, 3.63) is 65.1 Å². The van der Waals surface area contributed by atoms with Crippen molar-refractivity contribution < 1.29 is 14.3 Å². The highest BCUT2D eigenvalue weighted by Gasteiger charge is 2.31. The van der Waals surface area contributed by atoms with Crippen molar-refractivity contribution in [2.75, 3.05) is 19.0 Å². The molecule has 3 rings (SSSR count). The van der Waals surface area contributed by atoms with Gasteiger partial charge in [0.05, 0.1) is 12.0 Å². The van der Waals surface area contributed by atoms with Crippen LogP contribution in [0.25, 0.3) is 6.08 Å². The second kappa shape index (κ2) is 10.9. The molecule has 0 atom stereocenters. The number of ether oxygens (including phenoxy) is 1. The van der Waals surface area contributed by atoms with Gasteiger partial charge in [-0.15, -0.1) is 0 Å². The van der Waals surface area contributed by atoms with Crippen molar-refractivity contribution in [2.24, 2.45) is 0 Å². The van der Waals surface area contributed by atoms with Crippen molar-refractivity contribution in [2.45, 2.75) is 25.7 Å². The van der Waals surface area contributed by atoms with Crippen molar-refractivity contribution in [1.29, 1.82) is 0 Å². The molecule has 2 amide bonds. The third-order valence-electron chi connectivity index (χ3n) is 4.63. The van der Waals surface area contributed by atoms with Crippen LogP contribution in [0.3, 0.4) is 0 Å². The highest BCUT2D eigenvalue weighted by molar-refractivity contribution is 8.26. The van der Waals surface area contributed by atoms with Gasteiger partial charge in [0, 0.05) is 18.7 Å². The van der Waals surface area contributed by atoms with E-state index in [1.54, 1.807) is 12.0 Å². The number of nitrogens with zero attached hydrogens (tertiary/aromatic N) is 1. The number of thiocarbonyl (C=S) groups is 1. The largest absolute Gasteiger partial charge is 0.497 e. The van der Waals surface area contributed by atoms with Gasteiger partial charge in [-0.05, 0) is 48.7 Å². The lowest BCUT2D eigenvalue weighted by atomic mass is 10.1. The van der Waals surface area contributed by atoms with Gasteiger partial charge in [-0.2, -0.15) is 0 Å². The van der Waals surface area contributed by atoms with Crippen LogP contribution in [0.1, 0.15) is 31.2 Å². The van der Waals surface area contributed by atoms with Gasteiger partial charge in [-0.1, -0.05) is 60.7 Å². The van der Waals surface area contributed by atoms with Crippen LogP contribution >= 0.6 is 24.0 Å². The zero-order valence-corrected chi connectivity index (χ0v) is 18.4. The van der Waals surface area contributed by atoms with E-state index in [-0.39, 0.29) is 11.8 Å². The molecule has 1 aliphatic rings. The molecule has 0 aromatic heterocycles. The second-order valence-corrected chi connectivity index (χ2v) is 8.51. The number of unbranched alkanes of at least 4 members (excludes halogenated alkanes) is 2. The standard InChI is InChI=1S/C23H24N2O3S2/c1-28-19-13-11-18(12-14-19)24-21(26)10-6-3-7-15-25-22(27)20(30-23(25)29)16-17-8-4-2-5-9-17/h2,4-5,8-9,11-14,16H,3,6-7,10,15H2,1H3,(H,24,26). The number of anilines is 1. The third kappa shape index (κ3) is 6.18. The van der Waals surface area contributed by atoms with E-state index in [1.165, 1.54) is 11.8 Å². The molecule has 0 spiro atoms. The smallest absolute Gasteiger partial charge is 0.266 e. The first kappa shape index (κ1) is 22.1. The maximum absolute atomic E-state index is 12.6. The van der Waals surface area contributed by atoms with Crippen LogP contribution in [0, 0.1) is 0 Å². The number of methoxy groups -OCH3 is 1. The van der Waals surface area contributed by atoms with Gasteiger partial charge in [-0.3, -0.25) is 14.5 Å². The molecule has 2 aromatic carbocycles. The van der Waals surface area contributed by atoms with Gasteiger partial charge in [0.25, 0.3) is 5.91 Å². The summed E-state index contributed by atoms with van der Waals surface area (Å²) in [5, 5.41) is 2.88. The molecule has 5 nitrogen and oxygen atoms in total. The molecular formula is C23H24N2O3S2. The average molecular weight is 441 g/mol. The summed E-state index contributed by atoms with van der Waals surface area (Å²) in [5.41, 5.74) is 1.74. The molecule has 0 unspecified atom stereocenters. The van der Waals surface area contributed by atoms with Crippen LogP contribution in [-0.2, 0) is 9.59 Å². The number of hydrogen-bond acceptors (Lipinski definition) is 5. The lowest BCUT2D eigenvalue weighted by Gasteiger charge is -2.14. The molecule has 1 aliphatic heterocycles. The Labute approximate surface area is 186 Å². The minimum atomic E-state index is -0.0360. The number of carbonyl (C=O) groups is 2. The summed E-state index contributed by atoms with van der Waals surface area (Å²) in [7, 11) is 1.61. The Balaban J connectivity index is 1.38. The van der Waals surface area contributed by atoms with E-state index in [1.807, 2.05) is 60.7 Å². The van der Waals surface area contributed by atoms with Crippen LogP contribution in [0.4, 0.5) is 5.69 Å². The summed E-state index contributed by atoms with van der Waals surface area (Å²) in [6, 6.07) is 17.0.